The van der Waals surface area contributed by atoms with Crippen molar-refractivity contribution in [3.63, 3.8) is 0 Å². The van der Waals surface area contributed by atoms with E-state index >= 15 is 0 Å². The maximum atomic E-state index is 12.9. The molecule has 0 saturated carbocycles. The van der Waals surface area contributed by atoms with Gasteiger partial charge in [-0.05, 0) is 36.8 Å². The van der Waals surface area contributed by atoms with Crippen molar-refractivity contribution < 1.29 is 41.0 Å². The van der Waals surface area contributed by atoms with Crippen LogP contribution in [0.4, 0.5) is 26.3 Å². The summed E-state index contributed by atoms with van der Waals surface area (Å²) in [6.45, 7) is 1.75. The van der Waals surface area contributed by atoms with Crippen LogP contribution in [0.1, 0.15) is 39.6 Å². The number of nitrogens with zero attached hydrogens (tertiary/aromatic N) is 1. The Morgan fingerprint density at radius 1 is 0.970 bits per heavy atom. The number of carbonyl (C=O) groups excluding carboxylic acids is 1. The van der Waals surface area contributed by atoms with E-state index in [1.165, 1.54) is 12.1 Å². The summed E-state index contributed by atoms with van der Waals surface area (Å²) in [6.07, 6.45) is -10.7. The molecular weight excluding hydrogens is 472 g/mol. The zero-order chi connectivity index (χ0) is 24.4. The Labute approximate surface area is 188 Å². The molecule has 176 valence electrons. The van der Waals surface area contributed by atoms with Crippen molar-refractivity contribution in [2.24, 2.45) is 0 Å². The number of alkyl halides is 6. The highest BCUT2D eigenvalue weighted by Crippen LogP contribution is 2.39. The Kier molecular flexibility index (Phi) is 7.13. The molecule has 0 aliphatic heterocycles. The van der Waals surface area contributed by atoms with Gasteiger partial charge < -0.3 is 9.84 Å². The van der Waals surface area contributed by atoms with E-state index in [9.17, 15) is 36.2 Å². The summed E-state index contributed by atoms with van der Waals surface area (Å²) in [7, 11) is 0. The topological polar surface area (TPSA) is 59.4 Å². The van der Waals surface area contributed by atoms with Gasteiger partial charge in [-0.3, -0.25) is 4.79 Å². The molecule has 4 nitrogen and oxygen atoms in total. The third-order valence-corrected chi connectivity index (χ3v) is 5.69. The molecule has 0 fully saturated rings. The molecule has 3 rings (SSSR count). The third-order valence-electron chi connectivity index (χ3n) is 4.59. The molecule has 11 heteroatoms. The van der Waals surface area contributed by atoms with Gasteiger partial charge in [0.1, 0.15) is 11.1 Å². The first-order valence-corrected chi connectivity index (χ1v) is 10.4. The van der Waals surface area contributed by atoms with E-state index in [1.54, 1.807) is 6.92 Å². The molecule has 0 amide bonds. The summed E-state index contributed by atoms with van der Waals surface area (Å²) in [4.78, 5) is 16.3. The molecular formula is C22H17F6NO3S. The third kappa shape index (κ3) is 5.91. The van der Waals surface area contributed by atoms with E-state index in [1.807, 2.05) is 0 Å². The summed E-state index contributed by atoms with van der Waals surface area (Å²) < 4.78 is 82.1. The van der Waals surface area contributed by atoms with Crippen LogP contribution >= 0.6 is 11.3 Å². The summed E-state index contributed by atoms with van der Waals surface area (Å²) in [5, 5.41) is 11.1. The van der Waals surface area contributed by atoms with Gasteiger partial charge in [-0.2, -0.15) is 26.3 Å². The van der Waals surface area contributed by atoms with Gasteiger partial charge >= 0.3 is 18.3 Å². The summed E-state index contributed by atoms with van der Waals surface area (Å²) in [6, 6.07) is 7.91. The fourth-order valence-corrected chi connectivity index (χ4v) is 4.09. The molecule has 0 bridgehead atoms. The molecule has 1 N–H and O–H groups in total. The van der Waals surface area contributed by atoms with E-state index in [0.717, 1.165) is 47.7 Å². The van der Waals surface area contributed by atoms with E-state index < -0.39 is 35.6 Å². The highest BCUT2D eigenvalue weighted by atomic mass is 32.1. The van der Waals surface area contributed by atoms with Gasteiger partial charge in [0.15, 0.2) is 0 Å². The van der Waals surface area contributed by atoms with Gasteiger partial charge in [0.25, 0.3) is 0 Å². The van der Waals surface area contributed by atoms with Crippen LogP contribution in [0.25, 0.3) is 11.3 Å². The van der Waals surface area contributed by atoms with Crippen molar-refractivity contribution in [1.82, 2.24) is 4.98 Å². The average molecular weight is 489 g/mol. The lowest BCUT2D eigenvalue weighted by molar-refractivity contribution is -0.142. The van der Waals surface area contributed by atoms with E-state index in [0.29, 0.717) is 0 Å². The standard InChI is InChI=1S/C22H17F6NO3S/c1-2-32-17(30)11-16-29-18(12-3-7-14(8-4-12)21(23,24)25)20(33-16)19(31)13-5-9-15(10-6-13)22(26,27)28/h3-10,19,31H,2,11H2,1H3. The first kappa shape index (κ1) is 24.7. The van der Waals surface area contributed by atoms with Crippen LogP contribution in [-0.2, 0) is 28.3 Å². The van der Waals surface area contributed by atoms with Crippen molar-refractivity contribution in [3.8, 4) is 11.3 Å². The minimum atomic E-state index is -4.55. The average Bonchev–Trinajstić information content (AvgIpc) is 3.16. The lowest BCUT2D eigenvalue weighted by atomic mass is 10.0. The van der Waals surface area contributed by atoms with Crippen molar-refractivity contribution >= 4 is 17.3 Å². The van der Waals surface area contributed by atoms with Crippen LogP contribution in [0.15, 0.2) is 48.5 Å². The SMILES string of the molecule is CCOC(=O)Cc1nc(-c2ccc(C(F)(F)F)cc2)c(C(O)c2ccc(C(F)(F)F)cc2)s1. The lowest BCUT2D eigenvalue weighted by Gasteiger charge is -2.13. The van der Waals surface area contributed by atoms with Gasteiger partial charge in [0.2, 0.25) is 0 Å². The molecule has 0 aliphatic rings. The van der Waals surface area contributed by atoms with Gasteiger partial charge in [-0.15, -0.1) is 11.3 Å². The number of benzene rings is 2. The van der Waals surface area contributed by atoms with E-state index in [4.69, 9.17) is 4.74 Å². The number of hydrogen-bond donors (Lipinski definition) is 1. The molecule has 0 spiro atoms. The monoisotopic (exact) mass is 489 g/mol. The fraction of sp³-hybridized carbons (Fsp3) is 0.273. The number of ether oxygens (including phenoxy) is 1. The van der Waals surface area contributed by atoms with Crippen LogP contribution in [0.3, 0.4) is 0 Å². The summed E-state index contributed by atoms with van der Waals surface area (Å²) in [5.74, 6) is -0.583. The van der Waals surface area contributed by atoms with E-state index in [-0.39, 0.29) is 39.7 Å². The minimum Gasteiger partial charge on any atom is -0.466 e. The lowest BCUT2D eigenvalue weighted by Crippen LogP contribution is -2.07. The molecule has 0 aliphatic carbocycles. The second-order valence-corrected chi connectivity index (χ2v) is 8.01. The fourth-order valence-electron chi connectivity index (χ4n) is 3.00. The first-order chi connectivity index (χ1) is 15.4. The van der Waals surface area contributed by atoms with Crippen LogP contribution in [0.2, 0.25) is 0 Å². The smallest absolute Gasteiger partial charge is 0.416 e. The highest BCUT2D eigenvalue weighted by Gasteiger charge is 2.32. The molecule has 1 aromatic heterocycles. The number of hydrogen-bond acceptors (Lipinski definition) is 5. The molecule has 1 heterocycles. The second-order valence-electron chi connectivity index (χ2n) is 6.90. The van der Waals surface area contributed by atoms with Crippen molar-refractivity contribution in [3.05, 3.63) is 75.1 Å². The Morgan fingerprint density at radius 2 is 1.48 bits per heavy atom. The Hall–Kier alpha value is -2.92. The van der Waals surface area contributed by atoms with Crippen LogP contribution < -0.4 is 0 Å². The first-order valence-electron chi connectivity index (χ1n) is 9.58. The Balaban J connectivity index is 2.01. The molecule has 1 unspecified atom stereocenters. The van der Waals surface area contributed by atoms with Crippen molar-refractivity contribution in [2.45, 2.75) is 31.8 Å². The maximum Gasteiger partial charge on any atom is 0.416 e. The van der Waals surface area contributed by atoms with Crippen LogP contribution in [-0.4, -0.2) is 22.7 Å². The number of rotatable bonds is 6. The minimum absolute atomic E-state index is 0.125. The number of aliphatic hydroxyl groups is 1. The zero-order valence-corrected chi connectivity index (χ0v) is 17.8. The normalized spacial score (nSPS) is 13.1. The number of carbonyl (C=O) groups is 1. The Bertz CT molecular complexity index is 1110. The maximum absolute atomic E-state index is 12.9. The number of esters is 1. The quantitative estimate of drug-likeness (QED) is 0.339. The zero-order valence-electron chi connectivity index (χ0n) is 17.0. The molecule has 33 heavy (non-hydrogen) atoms. The van der Waals surface area contributed by atoms with Crippen LogP contribution in [0.5, 0.6) is 0 Å². The van der Waals surface area contributed by atoms with E-state index in [2.05, 4.69) is 4.98 Å². The molecule has 0 radical (unpaired) electrons. The van der Waals surface area contributed by atoms with Gasteiger partial charge in [0, 0.05) is 5.56 Å². The van der Waals surface area contributed by atoms with Gasteiger partial charge in [-0.1, -0.05) is 24.3 Å². The highest BCUT2D eigenvalue weighted by molar-refractivity contribution is 7.12. The molecule has 1 atom stereocenters. The molecule has 0 saturated heterocycles. The van der Waals surface area contributed by atoms with Crippen LogP contribution in [0, 0.1) is 0 Å². The second kappa shape index (κ2) is 9.52. The van der Waals surface area contributed by atoms with Crippen molar-refractivity contribution in [1.29, 1.82) is 0 Å². The van der Waals surface area contributed by atoms with Gasteiger partial charge in [-0.25, -0.2) is 4.98 Å². The van der Waals surface area contributed by atoms with Crippen molar-refractivity contribution in [2.75, 3.05) is 6.61 Å². The predicted octanol–water partition coefficient (Wildman–Crippen LogP) is 6.04. The predicted molar refractivity (Wildman–Crippen MR) is 108 cm³/mol. The summed E-state index contributed by atoms with van der Waals surface area (Å²) >= 11 is 0.925. The van der Waals surface area contributed by atoms with Gasteiger partial charge in [0.05, 0.1) is 34.7 Å². The number of aromatic nitrogens is 1. The summed E-state index contributed by atoms with van der Waals surface area (Å²) in [5.41, 5.74) is -1.27. The number of halogens is 6. The Morgan fingerprint density at radius 3 is 1.97 bits per heavy atom. The molecule has 3 aromatic rings. The number of thiazole rings is 1. The molecule has 2 aromatic carbocycles. The number of aliphatic hydroxyl groups excluding tert-OH is 1. The largest absolute Gasteiger partial charge is 0.466 e.